The van der Waals surface area contributed by atoms with Crippen LogP contribution in [0.2, 0.25) is 0 Å². The number of halogens is 1. The Morgan fingerprint density at radius 3 is 2.31 bits per heavy atom. The largest absolute Gasteiger partial charge is 0.495 e. The average molecular weight is 491 g/mol. The molecule has 0 aromatic heterocycles. The number of rotatable bonds is 8. The van der Waals surface area contributed by atoms with Crippen molar-refractivity contribution in [2.45, 2.75) is 13.3 Å². The molecule has 2 amide bonds. The fraction of sp³-hybridized carbons (Fsp3) is 0.286. The van der Waals surface area contributed by atoms with Crippen LogP contribution in [0.25, 0.3) is 0 Å². The predicted molar refractivity (Wildman–Crippen MR) is 141 cm³/mol. The van der Waals surface area contributed by atoms with Crippen molar-refractivity contribution in [3.05, 3.63) is 83.7 Å². The van der Waals surface area contributed by atoms with Gasteiger partial charge in [-0.15, -0.1) is 0 Å². The number of anilines is 3. The summed E-state index contributed by atoms with van der Waals surface area (Å²) in [6.45, 7) is 5.54. The Morgan fingerprint density at radius 1 is 0.889 bits per heavy atom. The molecular weight excluding hydrogens is 459 g/mol. The van der Waals surface area contributed by atoms with Gasteiger partial charge in [-0.3, -0.25) is 9.59 Å². The first-order valence-corrected chi connectivity index (χ1v) is 12.1. The van der Waals surface area contributed by atoms with Crippen molar-refractivity contribution < 1.29 is 18.7 Å². The van der Waals surface area contributed by atoms with Gasteiger partial charge in [-0.1, -0.05) is 25.1 Å². The second kappa shape index (κ2) is 11.6. The summed E-state index contributed by atoms with van der Waals surface area (Å²) >= 11 is 0. The van der Waals surface area contributed by atoms with E-state index in [0.717, 1.165) is 49.7 Å². The number of carbonyl (C=O) groups is 2. The van der Waals surface area contributed by atoms with Crippen LogP contribution in [0.3, 0.4) is 0 Å². The van der Waals surface area contributed by atoms with Gasteiger partial charge in [0.2, 0.25) is 0 Å². The number of piperazine rings is 1. The fourth-order valence-corrected chi connectivity index (χ4v) is 4.32. The zero-order valence-corrected chi connectivity index (χ0v) is 20.6. The summed E-state index contributed by atoms with van der Waals surface area (Å²) in [5, 5.41) is 5.72. The molecule has 0 saturated carbocycles. The highest BCUT2D eigenvalue weighted by Crippen LogP contribution is 2.31. The highest BCUT2D eigenvalue weighted by molar-refractivity contribution is 6.06. The van der Waals surface area contributed by atoms with Crippen LogP contribution in [-0.2, 0) is 0 Å². The Hall–Kier alpha value is -4.07. The van der Waals surface area contributed by atoms with Crippen molar-refractivity contribution in [2.24, 2.45) is 0 Å². The molecule has 8 heteroatoms. The lowest BCUT2D eigenvalue weighted by Gasteiger charge is -2.38. The lowest BCUT2D eigenvalue weighted by atomic mass is 10.1. The summed E-state index contributed by atoms with van der Waals surface area (Å²) in [4.78, 5) is 30.1. The van der Waals surface area contributed by atoms with Crippen LogP contribution in [0.4, 0.5) is 21.5 Å². The smallest absolute Gasteiger partial charge is 0.255 e. The second-order valence-electron chi connectivity index (χ2n) is 8.60. The number of amides is 2. The third-order valence-electron chi connectivity index (χ3n) is 6.17. The number of nitrogens with zero attached hydrogens (tertiary/aromatic N) is 2. The molecule has 1 fully saturated rings. The van der Waals surface area contributed by atoms with E-state index in [9.17, 15) is 14.0 Å². The Balaban J connectivity index is 1.54. The molecule has 4 rings (SSSR count). The minimum absolute atomic E-state index is 0.194. The summed E-state index contributed by atoms with van der Waals surface area (Å²) in [5.41, 5.74) is 3.04. The van der Waals surface area contributed by atoms with Crippen molar-refractivity contribution >= 4 is 28.9 Å². The standard InChI is InChI=1S/C28H31FN4O3/c1-3-13-30-28(35)23-19-22(31-27(34)20-7-6-8-21(29)18-20)11-12-24(23)32-14-16-33(17-15-32)25-9-4-5-10-26(25)36-2/h4-12,18-19H,3,13-17H2,1-2H3,(H,30,35)(H,31,34). The van der Waals surface area contributed by atoms with Gasteiger partial charge in [0.25, 0.3) is 11.8 Å². The third kappa shape index (κ3) is 5.76. The fourth-order valence-electron chi connectivity index (χ4n) is 4.32. The van der Waals surface area contributed by atoms with E-state index in [2.05, 4.69) is 20.4 Å². The zero-order chi connectivity index (χ0) is 25.5. The molecule has 1 aliphatic heterocycles. The molecule has 1 aliphatic rings. The van der Waals surface area contributed by atoms with Crippen molar-refractivity contribution in [1.82, 2.24) is 5.32 Å². The van der Waals surface area contributed by atoms with E-state index in [4.69, 9.17) is 4.74 Å². The summed E-state index contributed by atoms with van der Waals surface area (Å²) in [6.07, 6.45) is 0.814. The number of carbonyl (C=O) groups excluding carboxylic acids is 2. The van der Waals surface area contributed by atoms with E-state index in [-0.39, 0.29) is 11.5 Å². The molecule has 1 saturated heterocycles. The van der Waals surface area contributed by atoms with Crippen LogP contribution in [0, 0.1) is 5.82 Å². The Bertz CT molecular complexity index is 1220. The van der Waals surface area contributed by atoms with Gasteiger partial charge in [0.05, 0.1) is 18.4 Å². The van der Waals surface area contributed by atoms with Crippen molar-refractivity contribution in [2.75, 3.05) is 55.0 Å². The molecule has 0 aliphatic carbocycles. The topological polar surface area (TPSA) is 73.9 Å². The number of methoxy groups -OCH3 is 1. The van der Waals surface area contributed by atoms with E-state index >= 15 is 0 Å². The summed E-state index contributed by atoms with van der Waals surface area (Å²) in [6, 6.07) is 18.8. The van der Waals surface area contributed by atoms with E-state index in [1.165, 1.54) is 18.2 Å². The van der Waals surface area contributed by atoms with Gasteiger partial charge < -0.3 is 25.2 Å². The van der Waals surface area contributed by atoms with Gasteiger partial charge in [0.1, 0.15) is 11.6 Å². The van der Waals surface area contributed by atoms with Gasteiger partial charge >= 0.3 is 0 Å². The van der Waals surface area contributed by atoms with Gasteiger partial charge in [0.15, 0.2) is 0 Å². The summed E-state index contributed by atoms with van der Waals surface area (Å²) in [7, 11) is 1.67. The molecule has 36 heavy (non-hydrogen) atoms. The Morgan fingerprint density at radius 2 is 1.61 bits per heavy atom. The molecule has 0 atom stereocenters. The van der Waals surface area contributed by atoms with E-state index in [1.807, 2.05) is 37.3 Å². The molecule has 3 aromatic carbocycles. The van der Waals surface area contributed by atoms with Crippen LogP contribution < -0.4 is 25.2 Å². The molecule has 0 spiro atoms. The van der Waals surface area contributed by atoms with Gasteiger partial charge in [-0.25, -0.2) is 4.39 Å². The van der Waals surface area contributed by atoms with Crippen molar-refractivity contribution in [3.8, 4) is 5.75 Å². The number of ether oxygens (including phenoxy) is 1. The highest BCUT2D eigenvalue weighted by Gasteiger charge is 2.24. The molecule has 188 valence electrons. The minimum atomic E-state index is -0.482. The second-order valence-corrected chi connectivity index (χ2v) is 8.60. The maximum atomic E-state index is 13.5. The molecule has 3 aromatic rings. The Labute approximate surface area is 210 Å². The van der Waals surface area contributed by atoms with Crippen LogP contribution in [0.5, 0.6) is 5.75 Å². The lowest BCUT2D eigenvalue weighted by Crippen LogP contribution is -2.47. The number of nitrogens with one attached hydrogen (secondary N) is 2. The van der Waals surface area contributed by atoms with Gasteiger partial charge in [0, 0.05) is 49.7 Å². The first-order chi connectivity index (χ1) is 17.5. The first-order valence-electron chi connectivity index (χ1n) is 12.1. The van der Waals surface area contributed by atoms with Crippen LogP contribution in [0.15, 0.2) is 66.7 Å². The zero-order valence-electron chi connectivity index (χ0n) is 20.6. The molecule has 0 bridgehead atoms. The quantitative estimate of drug-likeness (QED) is 0.485. The van der Waals surface area contributed by atoms with Crippen LogP contribution in [-0.4, -0.2) is 51.6 Å². The van der Waals surface area contributed by atoms with Crippen molar-refractivity contribution in [3.63, 3.8) is 0 Å². The Kier molecular flexibility index (Phi) is 8.05. The number of para-hydroxylation sites is 2. The van der Waals surface area contributed by atoms with Gasteiger partial charge in [-0.2, -0.15) is 0 Å². The highest BCUT2D eigenvalue weighted by atomic mass is 19.1. The predicted octanol–water partition coefficient (Wildman–Crippen LogP) is 4.55. The monoisotopic (exact) mass is 490 g/mol. The molecule has 7 nitrogen and oxygen atoms in total. The number of hydrogen-bond acceptors (Lipinski definition) is 5. The normalized spacial score (nSPS) is 13.3. The average Bonchev–Trinajstić information content (AvgIpc) is 2.91. The number of benzene rings is 3. The molecule has 0 unspecified atom stereocenters. The van der Waals surface area contributed by atoms with Crippen molar-refractivity contribution in [1.29, 1.82) is 0 Å². The van der Waals surface area contributed by atoms with E-state index in [1.54, 1.807) is 25.3 Å². The molecule has 2 N–H and O–H groups in total. The molecule has 1 heterocycles. The van der Waals surface area contributed by atoms with Crippen LogP contribution in [0.1, 0.15) is 34.1 Å². The molecular formula is C28H31FN4O3. The first kappa shape index (κ1) is 25.0. The van der Waals surface area contributed by atoms with E-state index in [0.29, 0.717) is 17.8 Å². The summed E-state index contributed by atoms with van der Waals surface area (Å²) in [5.74, 6) is -0.276. The van der Waals surface area contributed by atoms with Crippen LogP contribution >= 0.6 is 0 Å². The maximum Gasteiger partial charge on any atom is 0.255 e. The van der Waals surface area contributed by atoms with E-state index < -0.39 is 11.7 Å². The SMILES string of the molecule is CCCNC(=O)c1cc(NC(=O)c2cccc(F)c2)ccc1N1CCN(c2ccccc2OC)CC1. The molecule has 0 radical (unpaired) electrons. The third-order valence-corrected chi connectivity index (χ3v) is 6.17. The summed E-state index contributed by atoms with van der Waals surface area (Å²) < 4.78 is 19.1. The lowest BCUT2D eigenvalue weighted by molar-refractivity contribution is 0.0952. The maximum absolute atomic E-state index is 13.5. The minimum Gasteiger partial charge on any atom is -0.495 e. The number of hydrogen-bond donors (Lipinski definition) is 2. The van der Waals surface area contributed by atoms with Gasteiger partial charge in [-0.05, 0) is 55.0 Å².